The summed E-state index contributed by atoms with van der Waals surface area (Å²) >= 11 is 0. The van der Waals surface area contributed by atoms with Crippen LogP contribution in [0.4, 0.5) is 0 Å². The molecule has 1 rings (SSSR count). The molecule has 0 saturated heterocycles. The first-order chi connectivity index (χ1) is 7.58. The average Bonchev–Trinajstić information content (AvgIpc) is 2.95. The van der Waals surface area contributed by atoms with Gasteiger partial charge in [0.1, 0.15) is 0 Å². The van der Waals surface area contributed by atoms with Crippen LogP contribution < -0.4 is 16.4 Å². The van der Waals surface area contributed by atoms with Gasteiger partial charge in [-0.2, -0.15) is 0 Å². The van der Waals surface area contributed by atoms with Gasteiger partial charge in [-0.05, 0) is 33.1 Å². The minimum Gasteiger partial charge on any atom is -0.370 e. The first-order valence-electron chi connectivity index (χ1n) is 5.93. The summed E-state index contributed by atoms with van der Waals surface area (Å²) < 4.78 is 0. The Bertz CT molecular complexity index is 259. The summed E-state index contributed by atoms with van der Waals surface area (Å²) in [5, 5.41) is 5.94. The van der Waals surface area contributed by atoms with Crippen molar-refractivity contribution in [3.63, 3.8) is 0 Å². The van der Waals surface area contributed by atoms with Crippen LogP contribution in [-0.2, 0) is 4.79 Å². The van der Waals surface area contributed by atoms with Crippen LogP contribution >= 0.6 is 0 Å². The number of rotatable bonds is 6. The molecule has 0 radical (unpaired) electrons. The average molecular weight is 226 g/mol. The minimum atomic E-state index is 0.132. The Labute approximate surface area is 96.9 Å². The van der Waals surface area contributed by atoms with E-state index in [9.17, 15) is 4.79 Å². The quantitative estimate of drug-likeness (QED) is 0.347. The van der Waals surface area contributed by atoms with Gasteiger partial charge in [0.05, 0.1) is 0 Å². The molecule has 5 nitrogen and oxygen atoms in total. The van der Waals surface area contributed by atoms with Crippen molar-refractivity contribution in [1.82, 2.24) is 10.6 Å². The molecule has 0 aliphatic heterocycles. The summed E-state index contributed by atoms with van der Waals surface area (Å²) in [6.45, 7) is 4.61. The molecule has 1 aliphatic carbocycles. The molecule has 92 valence electrons. The maximum absolute atomic E-state index is 11.3. The van der Waals surface area contributed by atoms with Gasteiger partial charge in [-0.3, -0.25) is 9.79 Å². The van der Waals surface area contributed by atoms with Gasteiger partial charge in [-0.15, -0.1) is 0 Å². The number of hydrogen-bond donors (Lipinski definition) is 3. The zero-order valence-electron chi connectivity index (χ0n) is 10.1. The van der Waals surface area contributed by atoms with Crippen LogP contribution in [0.1, 0.15) is 39.5 Å². The minimum absolute atomic E-state index is 0.132. The van der Waals surface area contributed by atoms with Gasteiger partial charge >= 0.3 is 0 Å². The Morgan fingerprint density at radius 3 is 2.75 bits per heavy atom. The van der Waals surface area contributed by atoms with E-state index >= 15 is 0 Å². The standard InChI is InChI=1S/C11H22N4O/c1-8(2)14-11(12)13-7-3-4-10(16)15-9-5-6-9/h8-9H,3-7H2,1-2H3,(H,15,16)(H3,12,13,14). The Balaban J connectivity index is 2.03. The lowest BCUT2D eigenvalue weighted by Gasteiger charge is -2.08. The van der Waals surface area contributed by atoms with Crippen molar-refractivity contribution in [2.75, 3.05) is 6.54 Å². The number of nitrogens with two attached hydrogens (primary N) is 1. The second kappa shape index (κ2) is 6.35. The highest BCUT2D eigenvalue weighted by molar-refractivity contribution is 5.78. The second-order valence-corrected chi connectivity index (χ2v) is 4.51. The first kappa shape index (κ1) is 12.8. The van der Waals surface area contributed by atoms with E-state index in [0.717, 1.165) is 19.3 Å². The third-order valence-corrected chi connectivity index (χ3v) is 2.22. The molecule has 16 heavy (non-hydrogen) atoms. The van der Waals surface area contributed by atoms with Crippen LogP contribution in [0.2, 0.25) is 0 Å². The van der Waals surface area contributed by atoms with Crippen molar-refractivity contribution >= 4 is 11.9 Å². The molecule has 1 fully saturated rings. The van der Waals surface area contributed by atoms with Gasteiger partial charge in [0.25, 0.3) is 0 Å². The summed E-state index contributed by atoms with van der Waals surface area (Å²) in [5.74, 6) is 0.589. The normalized spacial score (nSPS) is 16.3. The van der Waals surface area contributed by atoms with E-state index in [1.54, 1.807) is 0 Å². The molecule has 0 aromatic rings. The zero-order valence-corrected chi connectivity index (χ0v) is 10.1. The van der Waals surface area contributed by atoms with Crippen LogP contribution in [0.25, 0.3) is 0 Å². The van der Waals surface area contributed by atoms with E-state index in [0.29, 0.717) is 31.0 Å². The number of amides is 1. The van der Waals surface area contributed by atoms with Crippen LogP contribution in [0.5, 0.6) is 0 Å². The van der Waals surface area contributed by atoms with Gasteiger partial charge in [0.2, 0.25) is 5.91 Å². The monoisotopic (exact) mass is 226 g/mol. The largest absolute Gasteiger partial charge is 0.370 e. The summed E-state index contributed by atoms with van der Waals surface area (Å²) in [6.07, 6.45) is 3.55. The van der Waals surface area contributed by atoms with Crippen LogP contribution in [0.15, 0.2) is 4.99 Å². The Morgan fingerprint density at radius 1 is 1.50 bits per heavy atom. The number of nitrogens with one attached hydrogen (secondary N) is 2. The highest BCUT2D eigenvalue weighted by Gasteiger charge is 2.22. The number of nitrogens with zero attached hydrogens (tertiary/aromatic N) is 1. The van der Waals surface area contributed by atoms with Gasteiger partial charge in [-0.25, -0.2) is 0 Å². The third kappa shape index (κ3) is 6.27. The van der Waals surface area contributed by atoms with Crippen molar-refractivity contribution in [3.05, 3.63) is 0 Å². The highest BCUT2D eigenvalue weighted by Crippen LogP contribution is 2.18. The van der Waals surface area contributed by atoms with Crippen molar-refractivity contribution in [3.8, 4) is 0 Å². The molecule has 1 amide bonds. The Morgan fingerprint density at radius 2 is 2.19 bits per heavy atom. The lowest BCUT2D eigenvalue weighted by atomic mass is 10.3. The van der Waals surface area contributed by atoms with E-state index < -0.39 is 0 Å². The SMILES string of the molecule is CC(C)NC(N)=NCCCC(=O)NC1CC1. The molecule has 0 unspecified atom stereocenters. The number of guanidine groups is 1. The van der Waals surface area contributed by atoms with Crippen molar-refractivity contribution in [2.24, 2.45) is 10.7 Å². The fourth-order valence-electron chi connectivity index (χ4n) is 1.31. The van der Waals surface area contributed by atoms with Gasteiger partial charge < -0.3 is 16.4 Å². The molecular weight excluding hydrogens is 204 g/mol. The van der Waals surface area contributed by atoms with Crippen LogP contribution in [0, 0.1) is 0 Å². The zero-order chi connectivity index (χ0) is 12.0. The lowest BCUT2D eigenvalue weighted by molar-refractivity contribution is -0.121. The molecule has 0 heterocycles. The maximum Gasteiger partial charge on any atom is 0.220 e. The van der Waals surface area contributed by atoms with Crippen LogP contribution in [0.3, 0.4) is 0 Å². The van der Waals surface area contributed by atoms with Crippen molar-refractivity contribution < 1.29 is 4.79 Å². The number of aliphatic imine (C=N–C) groups is 1. The van der Waals surface area contributed by atoms with E-state index in [1.807, 2.05) is 13.8 Å². The summed E-state index contributed by atoms with van der Waals surface area (Å²) in [4.78, 5) is 15.4. The van der Waals surface area contributed by atoms with Crippen molar-refractivity contribution in [2.45, 2.75) is 51.6 Å². The molecule has 1 saturated carbocycles. The molecular formula is C11H22N4O. The molecule has 0 spiro atoms. The smallest absolute Gasteiger partial charge is 0.220 e. The number of carbonyl (C=O) groups excluding carboxylic acids is 1. The topological polar surface area (TPSA) is 79.5 Å². The fourth-order valence-corrected chi connectivity index (χ4v) is 1.31. The lowest BCUT2D eigenvalue weighted by Crippen LogP contribution is -2.36. The van der Waals surface area contributed by atoms with Gasteiger partial charge in [0.15, 0.2) is 5.96 Å². The summed E-state index contributed by atoms with van der Waals surface area (Å²) in [6, 6.07) is 0.741. The van der Waals surface area contributed by atoms with Gasteiger partial charge in [-0.1, -0.05) is 0 Å². The third-order valence-electron chi connectivity index (χ3n) is 2.22. The molecule has 0 atom stereocenters. The first-order valence-corrected chi connectivity index (χ1v) is 5.93. The molecule has 5 heteroatoms. The Hall–Kier alpha value is -1.26. The van der Waals surface area contributed by atoms with Crippen molar-refractivity contribution in [1.29, 1.82) is 0 Å². The Kier molecular flexibility index (Phi) is 5.08. The predicted octanol–water partition coefficient (Wildman–Crippen LogP) is 0.358. The second-order valence-electron chi connectivity index (χ2n) is 4.51. The molecule has 0 aromatic heterocycles. The highest BCUT2D eigenvalue weighted by atomic mass is 16.1. The molecule has 0 bridgehead atoms. The maximum atomic E-state index is 11.3. The van der Waals surface area contributed by atoms with E-state index in [4.69, 9.17) is 5.73 Å². The number of carbonyl (C=O) groups is 1. The van der Waals surface area contributed by atoms with E-state index in [1.165, 1.54) is 0 Å². The summed E-state index contributed by atoms with van der Waals surface area (Å²) in [5.41, 5.74) is 5.62. The van der Waals surface area contributed by atoms with E-state index in [2.05, 4.69) is 15.6 Å². The van der Waals surface area contributed by atoms with E-state index in [-0.39, 0.29) is 5.91 Å². The molecule has 4 N–H and O–H groups in total. The van der Waals surface area contributed by atoms with Gasteiger partial charge in [0, 0.05) is 25.0 Å². The summed E-state index contributed by atoms with van der Waals surface area (Å²) in [7, 11) is 0. The number of hydrogen-bond acceptors (Lipinski definition) is 2. The molecule has 0 aromatic carbocycles. The van der Waals surface area contributed by atoms with Crippen LogP contribution in [-0.4, -0.2) is 30.5 Å². The fraction of sp³-hybridized carbons (Fsp3) is 0.818. The molecule has 1 aliphatic rings. The predicted molar refractivity (Wildman–Crippen MR) is 65.2 cm³/mol.